The molecule has 0 radical (unpaired) electrons. The Hall–Kier alpha value is -3.29. The van der Waals surface area contributed by atoms with Crippen molar-refractivity contribution in [2.75, 3.05) is 10.6 Å². The summed E-state index contributed by atoms with van der Waals surface area (Å²) in [5.41, 5.74) is 1.26. The van der Waals surface area contributed by atoms with E-state index in [9.17, 15) is 10.1 Å². The van der Waals surface area contributed by atoms with Crippen LogP contribution in [0.5, 0.6) is 0 Å². The topological polar surface area (TPSA) is 106 Å². The van der Waals surface area contributed by atoms with Crippen LogP contribution >= 0.6 is 0 Å². The van der Waals surface area contributed by atoms with E-state index >= 15 is 0 Å². The van der Waals surface area contributed by atoms with Crippen LogP contribution in [0.3, 0.4) is 0 Å². The molecule has 2 N–H and O–H groups in total. The lowest BCUT2D eigenvalue weighted by molar-refractivity contribution is -0.383. The van der Waals surface area contributed by atoms with Gasteiger partial charge in [0.15, 0.2) is 0 Å². The zero-order valence-corrected chi connectivity index (χ0v) is 15.5. The molecule has 1 aliphatic carbocycles. The van der Waals surface area contributed by atoms with Crippen molar-refractivity contribution < 1.29 is 4.92 Å². The number of hydrogen-bond acceptors (Lipinski definition) is 7. The standard InChI is InChI=1S/C20H22N6O2/c27-26(28)18-19(24-15-9-3-1-2-4-10-15)22-13-23-20(18)25-16-11-5-7-14-8-6-12-21-17(14)16/h5-8,11-13,15H,1-4,9-10H2,(H2,22,23,24,25). The number of para-hydroxylation sites is 1. The van der Waals surface area contributed by atoms with Crippen molar-refractivity contribution >= 4 is 33.9 Å². The van der Waals surface area contributed by atoms with Crippen LogP contribution in [-0.4, -0.2) is 25.9 Å². The van der Waals surface area contributed by atoms with Gasteiger partial charge in [0, 0.05) is 17.6 Å². The average Bonchev–Trinajstić information content (AvgIpc) is 2.97. The van der Waals surface area contributed by atoms with E-state index in [1.165, 1.54) is 19.2 Å². The summed E-state index contributed by atoms with van der Waals surface area (Å²) in [5.74, 6) is 0.428. The Morgan fingerprint density at radius 2 is 1.71 bits per heavy atom. The molecule has 28 heavy (non-hydrogen) atoms. The minimum Gasteiger partial charge on any atom is -0.361 e. The number of hydrogen-bond donors (Lipinski definition) is 2. The maximum absolute atomic E-state index is 11.8. The maximum Gasteiger partial charge on any atom is 0.353 e. The van der Waals surface area contributed by atoms with Gasteiger partial charge in [-0.15, -0.1) is 0 Å². The first-order valence-corrected chi connectivity index (χ1v) is 9.59. The molecule has 1 aromatic carbocycles. The van der Waals surface area contributed by atoms with Crippen LogP contribution < -0.4 is 10.6 Å². The predicted octanol–water partition coefficient (Wildman–Crippen LogP) is 4.81. The molecule has 1 aliphatic rings. The average molecular weight is 378 g/mol. The maximum atomic E-state index is 11.8. The number of nitrogens with one attached hydrogen (secondary N) is 2. The minimum atomic E-state index is -0.431. The Bertz CT molecular complexity index is 980. The molecular formula is C20H22N6O2. The Balaban J connectivity index is 1.68. The van der Waals surface area contributed by atoms with Gasteiger partial charge in [0.25, 0.3) is 0 Å². The highest BCUT2D eigenvalue weighted by atomic mass is 16.6. The number of rotatable bonds is 5. The molecule has 0 atom stereocenters. The number of anilines is 3. The van der Waals surface area contributed by atoms with Gasteiger partial charge in [-0.2, -0.15) is 0 Å². The summed E-state index contributed by atoms with van der Waals surface area (Å²) >= 11 is 0. The molecule has 1 saturated carbocycles. The number of nitro groups is 1. The van der Waals surface area contributed by atoms with Gasteiger partial charge in [-0.3, -0.25) is 15.1 Å². The highest BCUT2D eigenvalue weighted by molar-refractivity contribution is 5.92. The van der Waals surface area contributed by atoms with Gasteiger partial charge < -0.3 is 10.6 Å². The van der Waals surface area contributed by atoms with E-state index in [1.54, 1.807) is 6.20 Å². The van der Waals surface area contributed by atoms with E-state index in [-0.39, 0.29) is 23.4 Å². The van der Waals surface area contributed by atoms with Gasteiger partial charge >= 0.3 is 5.69 Å². The molecule has 0 aliphatic heterocycles. The van der Waals surface area contributed by atoms with Gasteiger partial charge in [0.2, 0.25) is 11.6 Å². The van der Waals surface area contributed by atoms with Crippen molar-refractivity contribution in [3.8, 4) is 0 Å². The van der Waals surface area contributed by atoms with E-state index < -0.39 is 4.92 Å². The molecule has 0 unspecified atom stereocenters. The lowest BCUT2D eigenvalue weighted by atomic mass is 10.1. The first-order valence-electron chi connectivity index (χ1n) is 9.59. The van der Waals surface area contributed by atoms with Crippen molar-refractivity contribution in [2.24, 2.45) is 0 Å². The summed E-state index contributed by atoms with van der Waals surface area (Å²) in [6.45, 7) is 0. The van der Waals surface area contributed by atoms with Crippen LogP contribution in [0.25, 0.3) is 10.9 Å². The molecule has 0 spiro atoms. The fourth-order valence-corrected chi connectivity index (χ4v) is 3.70. The quantitative estimate of drug-likeness (QED) is 0.373. The highest BCUT2D eigenvalue weighted by Crippen LogP contribution is 2.34. The number of fused-ring (bicyclic) bond motifs is 1. The second kappa shape index (κ2) is 8.16. The molecule has 0 bridgehead atoms. The molecule has 0 amide bonds. The molecular weight excluding hydrogens is 356 g/mol. The Kier molecular flexibility index (Phi) is 5.27. The molecule has 3 aromatic rings. The third-order valence-corrected chi connectivity index (χ3v) is 5.09. The van der Waals surface area contributed by atoms with E-state index in [2.05, 4.69) is 25.6 Å². The SMILES string of the molecule is O=[N+]([O-])c1c(Nc2cccc3cccnc23)ncnc1NC1CCCCCC1. The van der Waals surface area contributed by atoms with Gasteiger partial charge in [-0.25, -0.2) is 9.97 Å². The van der Waals surface area contributed by atoms with Crippen molar-refractivity contribution in [1.82, 2.24) is 15.0 Å². The molecule has 1 fully saturated rings. The van der Waals surface area contributed by atoms with Crippen molar-refractivity contribution in [3.63, 3.8) is 0 Å². The van der Waals surface area contributed by atoms with Crippen molar-refractivity contribution in [3.05, 3.63) is 53.0 Å². The molecule has 144 valence electrons. The molecule has 8 heteroatoms. The van der Waals surface area contributed by atoms with Gasteiger partial charge in [-0.1, -0.05) is 43.9 Å². The Morgan fingerprint density at radius 1 is 0.964 bits per heavy atom. The minimum absolute atomic E-state index is 0.139. The van der Waals surface area contributed by atoms with Crippen molar-refractivity contribution in [2.45, 2.75) is 44.6 Å². The fraction of sp³-hybridized carbons (Fsp3) is 0.350. The van der Waals surface area contributed by atoms with E-state index in [0.717, 1.165) is 36.6 Å². The third-order valence-electron chi connectivity index (χ3n) is 5.09. The Morgan fingerprint density at radius 3 is 2.50 bits per heavy atom. The van der Waals surface area contributed by atoms with Crippen LogP contribution in [0, 0.1) is 10.1 Å². The smallest absolute Gasteiger partial charge is 0.353 e. The van der Waals surface area contributed by atoms with E-state index in [1.807, 2.05) is 30.3 Å². The largest absolute Gasteiger partial charge is 0.361 e. The highest BCUT2D eigenvalue weighted by Gasteiger charge is 2.25. The molecule has 8 nitrogen and oxygen atoms in total. The molecule has 2 aromatic heterocycles. The van der Waals surface area contributed by atoms with Crippen LogP contribution in [0.15, 0.2) is 42.9 Å². The fourth-order valence-electron chi connectivity index (χ4n) is 3.70. The zero-order chi connectivity index (χ0) is 19.3. The molecule has 4 rings (SSSR count). The first kappa shape index (κ1) is 18.1. The van der Waals surface area contributed by atoms with Crippen LogP contribution in [0.4, 0.5) is 23.0 Å². The lowest BCUT2D eigenvalue weighted by Gasteiger charge is -2.17. The summed E-state index contributed by atoms with van der Waals surface area (Å²) in [5, 5.41) is 19.2. The summed E-state index contributed by atoms with van der Waals surface area (Å²) in [6, 6.07) is 9.66. The first-order chi connectivity index (χ1) is 13.7. The van der Waals surface area contributed by atoms with Gasteiger partial charge in [-0.05, 0) is 25.0 Å². The monoisotopic (exact) mass is 378 g/mol. The number of pyridine rings is 1. The summed E-state index contributed by atoms with van der Waals surface area (Å²) in [4.78, 5) is 24.1. The van der Waals surface area contributed by atoms with Gasteiger partial charge in [0.05, 0.1) is 16.1 Å². The normalized spacial score (nSPS) is 15.1. The van der Waals surface area contributed by atoms with Crippen LogP contribution in [0.1, 0.15) is 38.5 Å². The predicted molar refractivity (Wildman–Crippen MR) is 109 cm³/mol. The number of benzene rings is 1. The lowest BCUT2D eigenvalue weighted by Crippen LogP contribution is -2.20. The van der Waals surface area contributed by atoms with Crippen molar-refractivity contribution in [1.29, 1.82) is 0 Å². The number of aromatic nitrogens is 3. The van der Waals surface area contributed by atoms with Gasteiger partial charge in [0.1, 0.15) is 6.33 Å². The van der Waals surface area contributed by atoms with Crippen LogP contribution in [-0.2, 0) is 0 Å². The second-order valence-electron chi connectivity index (χ2n) is 7.02. The Labute approximate surface area is 162 Å². The number of nitrogens with zero attached hydrogens (tertiary/aromatic N) is 4. The summed E-state index contributed by atoms with van der Waals surface area (Å²) in [7, 11) is 0. The summed E-state index contributed by atoms with van der Waals surface area (Å²) in [6.07, 6.45) is 9.73. The second-order valence-corrected chi connectivity index (χ2v) is 7.02. The molecule has 2 heterocycles. The van der Waals surface area contributed by atoms with Crippen LogP contribution in [0.2, 0.25) is 0 Å². The molecule has 0 saturated heterocycles. The van der Waals surface area contributed by atoms with E-state index in [0.29, 0.717) is 5.69 Å². The third kappa shape index (κ3) is 3.85. The summed E-state index contributed by atoms with van der Waals surface area (Å²) < 4.78 is 0. The van der Waals surface area contributed by atoms with E-state index in [4.69, 9.17) is 0 Å². The zero-order valence-electron chi connectivity index (χ0n) is 15.5.